The maximum absolute atomic E-state index is 13.2. The third kappa shape index (κ3) is 3.69. The molecule has 1 fully saturated rings. The summed E-state index contributed by atoms with van der Waals surface area (Å²) in [7, 11) is 0. The molecule has 3 atom stereocenters. The lowest BCUT2D eigenvalue weighted by Gasteiger charge is -2.29. The molecular weight excluding hydrogens is 376 g/mol. The number of halogens is 1. The van der Waals surface area contributed by atoms with Crippen molar-refractivity contribution in [2.24, 2.45) is 11.8 Å². The predicted octanol–water partition coefficient (Wildman–Crippen LogP) is 1.20. The third-order valence-corrected chi connectivity index (χ3v) is 5.81. The van der Waals surface area contributed by atoms with Gasteiger partial charge in [-0.2, -0.15) is 5.10 Å². The zero-order valence-corrected chi connectivity index (χ0v) is 16.4. The van der Waals surface area contributed by atoms with E-state index in [-0.39, 0.29) is 23.7 Å². The number of nitrogens with zero attached hydrogens (tertiary/aromatic N) is 2. The number of aromatic amines is 1. The minimum Gasteiger partial charge on any atom is -0.350 e. The molecule has 2 heterocycles. The third-order valence-electron chi connectivity index (χ3n) is 5.56. The van der Waals surface area contributed by atoms with E-state index in [4.69, 9.17) is 11.6 Å². The van der Waals surface area contributed by atoms with E-state index in [1.807, 2.05) is 31.2 Å². The Bertz CT molecular complexity index is 998. The molecule has 28 heavy (non-hydrogen) atoms. The molecular formula is C21H23ClN4O2. The lowest BCUT2D eigenvalue weighted by Crippen LogP contribution is -2.49. The minimum atomic E-state index is -0.411. The molecule has 2 aromatic rings. The van der Waals surface area contributed by atoms with E-state index < -0.39 is 6.04 Å². The molecule has 2 N–H and O–H groups in total. The van der Waals surface area contributed by atoms with Crippen molar-refractivity contribution in [2.45, 2.75) is 32.4 Å². The van der Waals surface area contributed by atoms with Crippen molar-refractivity contribution in [1.29, 1.82) is 0 Å². The molecule has 0 saturated carbocycles. The summed E-state index contributed by atoms with van der Waals surface area (Å²) in [5.41, 5.74) is 0.977. The van der Waals surface area contributed by atoms with E-state index >= 15 is 0 Å². The normalized spacial score (nSPS) is 23.5. The lowest BCUT2D eigenvalue weighted by atomic mass is 9.88. The number of hydrogen-bond donors (Lipinski definition) is 2. The highest BCUT2D eigenvalue weighted by atomic mass is 35.5. The van der Waals surface area contributed by atoms with Crippen LogP contribution in [-0.4, -0.2) is 39.5 Å². The van der Waals surface area contributed by atoms with Crippen molar-refractivity contribution in [3.63, 3.8) is 0 Å². The summed E-state index contributed by atoms with van der Waals surface area (Å²) < 4.78 is 0. The molecule has 6 nitrogen and oxygen atoms in total. The number of likely N-dealkylation sites (tertiary alicyclic amines) is 1. The molecule has 0 radical (unpaired) electrons. The minimum absolute atomic E-state index is 0.0137. The Morgan fingerprint density at radius 2 is 2.07 bits per heavy atom. The molecule has 0 bridgehead atoms. The molecule has 146 valence electrons. The maximum Gasteiger partial charge on any atom is 0.243 e. The summed E-state index contributed by atoms with van der Waals surface area (Å²) >= 11 is 5.90. The summed E-state index contributed by atoms with van der Waals surface area (Å²) in [6, 6.07) is 6.96. The average molecular weight is 399 g/mol. The molecule has 4 rings (SSSR count). The fraction of sp³-hybridized carbons (Fsp3) is 0.381. The maximum atomic E-state index is 13.2. The number of H-pyrrole nitrogens is 1. The van der Waals surface area contributed by atoms with E-state index in [1.54, 1.807) is 23.2 Å². The second-order valence-corrected chi connectivity index (χ2v) is 7.93. The van der Waals surface area contributed by atoms with Crippen LogP contribution in [0.1, 0.15) is 25.3 Å². The number of carbonyl (C=O) groups is 2. The molecule has 2 unspecified atom stereocenters. The van der Waals surface area contributed by atoms with Crippen LogP contribution in [0.3, 0.4) is 0 Å². The van der Waals surface area contributed by atoms with Crippen molar-refractivity contribution in [1.82, 2.24) is 20.4 Å². The number of aromatic nitrogens is 2. The van der Waals surface area contributed by atoms with Gasteiger partial charge in [-0.1, -0.05) is 42.8 Å². The number of carbonyl (C=O) groups excluding carboxylic acids is 2. The van der Waals surface area contributed by atoms with Crippen LogP contribution >= 0.6 is 11.6 Å². The number of benzene rings is 1. The van der Waals surface area contributed by atoms with E-state index in [9.17, 15) is 9.59 Å². The molecule has 1 saturated heterocycles. The van der Waals surface area contributed by atoms with Gasteiger partial charge in [0.2, 0.25) is 11.8 Å². The van der Waals surface area contributed by atoms with Crippen LogP contribution in [0.5, 0.6) is 0 Å². The van der Waals surface area contributed by atoms with Crippen molar-refractivity contribution in [3.05, 3.63) is 51.6 Å². The monoisotopic (exact) mass is 398 g/mol. The second kappa shape index (κ2) is 7.80. The van der Waals surface area contributed by atoms with Crippen LogP contribution < -0.4 is 15.9 Å². The van der Waals surface area contributed by atoms with Crippen LogP contribution in [0.2, 0.25) is 5.02 Å². The smallest absolute Gasteiger partial charge is 0.243 e. The van der Waals surface area contributed by atoms with Crippen molar-refractivity contribution >= 4 is 35.6 Å². The van der Waals surface area contributed by atoms with Gasteiger partial charge in [-0.05, 0) is 36.5 Å². The molecule has 2 aliphatic rings. The van der Waals surface area contributed by atoms with Crippen LogP contribution in [-0.2, 0) is 16.1 Å². The van der Waals surface area contributed by atoms with E-state index in [1.165, 1.54) is 0 Å². The molecule has 1 aliphatic carbocycles. The van der Waals surface area contributed by atoms with Crippen LogP contribution in [0.15, 0.2) is 30.5 Å². The lowest BCUT2D eigenvalue weighted by molar-refractivity contribution is -0.140. The fourth-order valence-corrected chi connectivity index (χ4v) is 4.11. The highest BCUT2D eigenvalue weighted by Crippen LogP contribution is 2.25. The Labute approximate surface area is 168 Å². The Morgan fingerprint density at radius 1 is 1.29 bits per heavy atom. The van der Waals surface area contributed by atoms with Gasteiger partial charge in [-0.25, -0.2) is 0 Å². The van der Waals surface area contributed by atoms with Gasteiger partial charge in [0.15, 0.2) is 0 Å². The van der Waals surface area contributed by atoms with Gasteiger partial charge in [0.05, 0.1) is 17.5 Å². The van der Waals surface area contributed by atoms with Crippen molar-refractivity contribution in [3.8, 4) is 0 Å². The summed E-state index contributed by atoms with van der Waals surface area (Å²) in [6.07, 6.45) is 7.27. The first-order chi connectivity index (χ1) is 13.5. The molecule has 1 aromatic carbocycles. The number of nitrogens with one attached hydrogen (secondary N) is 2. The first-order valence-electron chi connectivity index (χ1n) is 9.58. The summed E-state index contributed by atoms with van der Waals surface area (Å²) in [4.78, 5) is 27.7. The van der Waals surface area contributed by atoms with E-state index in [0.29, 0.717) is 24.5 Å². The first-order valence-corrected chi connectivity index (χ1v) is 9.96. The SMILES string of the molecule is CC1C=c2[nH]ncc2=CC1C(=O)N1CCC[C@H]1C(=O)NCc1ccc(Cl)cc1. The second-order valence-electron chi connectivity index (χ2n) is 7.49. The standard InChI is InChI=1S/C21H23ClN4O2/c1-13-9-18-15(12-24-25-18)10-17(13)21(28)26-8-2-3-19(26)20(27)23-11-14-4-6-16(22)7-5-14/h4-7,9-10,12-13,17,19,25H,2-3,8,11H2,1H3,(H,23,27)/t13?,17?,19-/m0/s1. The van der Waals surface area contributed by atoms with Crippen molar-refractivity contribution in [2.75, 3.05) is 6.54 Å². The van der Waals surface area contributed by atoms with Crippen LogP contribution in [0, 0.1) is 11.8 Å². The Morgan fingerprint density at radius 3 is 2.86 bits per heavy atom. The first kappa shape index (κ1) is 18.7. The van der Waals surface area contributed by atoms with Gasteiger partial charge < -0.3 is 10.2 Å². The van der Waals surface area contributed by atoms with Gasteiger partial charge in [0, 0.05) is 23.3 Å². The highest BCUT2D eigenvalue weighted by Gasteiger charge is 2.38. The number of amides is 2. The quantitative estimate of drug-likeness (QED) is 0.812. The largest absolute Gasteiger partial charge is 0.350 e. The van der Waals surface area contributed by atoms with Crippen molar-refractivity contribution < 1.29 is 9.59 Å². The fourth-order valence-electron chi connectivity index (χ4n) is 3.98. The molecule has 1 aromatic heterocycles. The predicted molar refractivity (Wildman–Crippen MR) is 107 cm³/mol. The average Bonchev–Trinajstić information content (AvgIpc) is 3.35. The van der Waals surface area contributed by atoms with E-state index in [2.05, 4.69) is 15.5 Å². The van der Waals surface area contributed by atoms with Gasteiger partial charge >= 0.3 is 0 Å². The van der Waals surface area contributed by atoms with Gasteiger partial charge in [-0.3, -0.25) is 14.7 Å². The number of rotatable bonds is 4. The number of hydrogen-bond acceptors (Lipinski definition) is 3. The highest BCUT2D eigenvalue weighted by molar-refractivity contribution is 6.30. The molecule has 7 heteroatoms. The van der Waals surface area contributed by atoms with Gasteiger partial charge in [0.1, 0.15) is 6.04 Å². The topological polar surface area (TPSA) is 78.1 Å². The summed E-state index contributed by atoms with van der Waals surface area (Å²) in [6.45, 7) is 3.06. The molecule has 0 spiro atoms. The van der Waals surface area contributed by atoms with Gasteiger partial charge in [-0.15, -0.1) is 0 Å². The zero-order chi connectivity index (χ0) is 19.7. The Balaban J connectivity index is 1.44. The summed E-state index contributed by atoms with van der Waals surface area (Å²) in [5, 5.41) is 12.5. The molecule has 2 amide bonds. The van der Waals surface area contributed by atoms with Crippen LogP contribution in [0.4, 0.5) is 0 Å². The summed E-state index contributed by atoms with van der Waals surface area (Å²) in [5.74, 6) is -0.300. The van der Waals surface area contributed by atoms with Crippen LogP contribution in [0.25, 0.3) is 12.2 Å². The zero-order valence-electron chi connectivity index (χ0n) is 15.7. The van der Waals surface area contributed by atoms with E-state index in [0.717, 1.165) is 22.6 Å². The Hall–Kier alpha value is -2.60. The van der Waals surface area contributed by atoms with Gasteiger partial charge in [0.25, 0.3) is 0 Å². The Kier molecular flexibility index (Phi) is 5.22. The number of fused-ring (bicyclic) bond motifs is 1. The molecule has 1 aliphatic heterocycles.